The van der Waals surface area contributed by atoms with Gasteiger partial charge in [0.2, 0.25) is 0 Å². The normalized spacial score (nSPS) is 12.5. The van der Waals surface area contributed by atoms with Gasteiger partial charge in [-0.3, -0.25) is 21.2 Å². The molecule has 106 valence electrons. The molecule has 0 saturated carbocycles. The lowest BCUT2D eigenvalue weighted by Crippen LogP contribution is -2.29. The van der Waals surface area contributed by atoms with E-state index < -0.39 is 0 Å². The second kappa shape index (κ2) is 6.30. The van der Waals surface area contributed by atoms with Gasteiger partial charge in [0.25, 0.3) is 0 Å². The van der Waals surface area contributed by atoms with E-state index in [0.29, 0.717) is 0 Å². The van der Waals surface area contributed by atoms with Crippen LogP contribution in [0.3, 0.4) is 0 Å². The Balaban J connectivity index is 1.90. The highest BCUT2D eigenvalue weighted by Crippen LogP contribution is 2.22. The van der Waals surface area contributed by atoms with E-state index in [1.54, 1.807) is 12.4 Å². The zero-order valence-electron chi connectivity index (χ0n) is 11.3. The van der Waals surface area contributed by atoms with Crippen molar-refractivity contribution < 1.29 is 0 Å². The lowest BCUT2D eigenvalue weighted by Gasteiger charge is -2.17. The Bertz CT molecular complexity index is 760. The van der Waals surface area contributed by atoms with Crippen LogP contribution in [0, 0.1) is 0 Å². The minimum absolute atomic E-state index is 0.0331. The van der Waals surface area contributed by atoms with Crippen molar-refractivity contribution in [2.45, 2.75) is 12.5 Å². The van der Waals surface area contributed by atoms with Gasteiger partial charge in [-0.25, -0.2) is 0 Å². The molecule has 21 heavy (non-hydrogen) atoms. The maximum absolute atomic E-state index is 5.74. The lowest BCUT2D eigenvalue weighted by molar-refractivity contribution is 0.552. The van der Waals surface area contributed by atoms with Crippen molar-refractivity contribution in [1.82, 2.24) is 15.4 Å². The minimum atomic E-state index is 0.0331. The van der Waals surface area contributed by atoms with Crippen LogP contribution in [0.25, 0.3) is 11.0 Å². The molecule has 1 atom stereocenters. The predicted octanol–water partition coefficient (Wildman–Crippen LogP) is 3.14. The van der Waals surface area contributed by atoms with Crippen LogP contribution in [0.2, 0.25) is 0 Å². The summed E-state index contributed by atoms with van der Waals surface area (Å²) in [5.41, 5.74) is 6.97. The molecule has 0 saturated heterocycles. The molecular formula is C16H15BrN4. The number of fused-ring (bicyclic) bond motifs is 1. The van der Waals surface area contributed by atoms with Crippen LogP contribution in [0.4, 0.5) is 0 Å². The number of nitrogens with two attached hydrogens (primary N) is 1. The van der Waals surface area contributed by atoms with Crippen molar-refractivity contribution in [3.05, 3.63) is 70.5 Å². The van der Waals surface area contributed by atoms with E-state index in [0.717, 1.165) is 27.5 Å². The third-order valence-electron chi connectivity index (χ3n) is 3.43. The van der Waals surface area contributed by atoms with Gasteiger partial charge in [0.05, 0.1) is 17.1 Å². The standard InChI is InChI=1S/C16H15BrN4/c17-13-3-1-2-11(8-13)9-15(21-18)12-4-5-14-16(10-12)20-7-6-19-14/h1-8,10,15,21H,9,18H2. The highest BCUT2D eigenvalue weighted by molar-refractivity contribution is 9.10. The molecule has 1 heterocycles. The molecule has 0 amide bonds. The highest BCUT2D eigenvalue weighted by Gasteiger charge is 2.12. The predicted molar refractivity (Wildman–Crippen MR) is 87.4 cm³/mol. The maximum Gasteiger partial charge on any atom is 0.0890 e. The topological polar surface area (TPSA) is 63.8 Å². The molecule has 0 radical (unpaired) electrons. The van der Waals surface area contributed by atoms with Crippen LogP contribution in [0.15, 0.2) is 59.3 Å². The fourth-order valence-electron chi connectivity index (χ4n) is 2.37. The molecule has 5 heteroatoms. The number of nitrogens with zero attached hydrogens (tertiary/aromatic N) is 2. The van der Waals surface area contributed by atoms with Crippen LogP contribution in [0.5, 0.6) is 0 Å². The Kier molecular flexibility index (Phi) is 4.24. The molecule has 0 bridgehead atoms. The van der Waals surface area contributed by atoms with E-state index in [9.17, 15) is 0 Å². The molecule has 1 aromatic heterocycles. The van der Waals surface area contributed by atoms with Crippen molar-refractivity contribution in [2.75, 3.05) is 0 Å². The molecule has 0 aliphatic carbocycles. The number of hydrogen-bond acceptors (Lipinski definition) is 4. The average molecular weight is 343 g/mol. The number of aromatic nitrogens is 2. The average Bonchev–Trinajstić information content (AvgIpc) is 2.52. The van der Waals surface area contributed by atoms with E-state index in [1.165, 1.54) is 5.56 Å². The zero-order chi connectivity index (χ0) is 14.7. The summed E-state index contributed by atoms with van der Waals surface area (Å²) in [5.74, 6) is 5.74. The second-order valence-electron chi connectivity index (χ2n) is 4.86. The fraction of sp³-hybridized carbons (Fsp3) is 0.125. The lowest BCUT2D eigenvalue weighted by atomic mass is 9.99. The summed E-state index contributed by atoms with van der Waals surface area (Å²) in [7, 11) is 0. The maximum atomic E-state index is 5.74. The molecular weight excluding hydrogens is 328 g/mol. The monoisotopic (exact) mass is 342 g/mol. The van der Waals surface area contributed by atoms with Gasteiger partial charge in [-0.1, -0.05) is 34.1 Å². The third-order valence-corrected chi connectivity index (χ3v) is 3.92. The quantitative estimate of drug-likeness (QED) is 0.564. The molecule has 3 rings (SSSR count). The summed E-state index contributed by atoms with van der Waals surface area (Å²) >= 11 is 3.49. The Morgan fingerprint density at radius 3 is 2.62 bits per heavy atom. The Morgan fingerprint density at radius 2 is 1.86 bits per heavy atom. The minimum Gasteiger partial charge on any atom is -0.271 e. The summed E-state index contributed by atoms with van der Waals surface area (Å²) in [4.78, 5) is 8.62. The first-order chi connectivity index (χ1) is 10.3. The van der Waals surface area contributed by atoms with Crippen LogP contribution < -0.4 is 11.3 Å². The van der Waals surface area contributed by atoms with Crippen LogP contribution in [-0.2, 0) is 6.42 Å². The first-order valence-electron chi connectivity index (χ1n) is 6.67. The number of hydrazine groups is 1. The van der Waals surface area contributed by atoms with E-state index in [1.807, 2.05) is 30.3 Å². The summed E-state index contributed by atoms with van der Waals surface area (Å²) in [6.07, 6.45) is 4.20. The van der Waals surface area contributed by atoms with Gasteiger partial charge in [0, 0.05) is 16.9 Å². The first kappa shape index (κ1) is 14.1. The van der Waals surface area contributed by atoms with E-state index in [2.05, 4.69) is 43.5 Å². The Morgan fingerprint density at radius 1 is 1.05 bits per heavy atom. The number of benzene rings is 2. The number of halogens is 1. The molecule has 0 fully saturated rings. The smallest absolute Gasteiger partial charge is 0.0890 e. The number of rotatable bonds is 4. The molecule has 2 aromatic carbocycles. The van der Waals surface area contributed by atoms with Crippen LogP contribution in [0.1, 0.15) is 17.2 Å². The third kappa shape index (κ3) is 3.26. The van der Waals surface area contributed by atoms with Crippen molar-refractivity contribution in [3.8, 4) is 0 Å². The summed E-state index contributed by atoms with van der Waals surface area (Å²) in [5, 5.41) is 0. The van der Waals surface area contributed by atoms with E-state index in [4.69, 9.17) is 5.84 Å². The van der Waals surface area contributed by atoms with Gasteiger partial charge in [-0.15, -0.1) is 0 Å². The van der Waals surface area contributed by atoms with Crippen molar-refractivity contribution in [1.29, 1.82) is 0 Å². The van der Waals surface area contributed by atoms with Gasteiger partial charge in [-0.2, -0.15) is 0 Å². The van der Waals surface area contributed by atoms with E-state index in [-0.39, 0.29) is 6.04 Å². The largest absolute Gasteiger partial charge is 0.271 e. The molecule has 1 unspecified atom stereocenters. The summed E-state index contributed by atoms with van der Waals surface area (Å²) in [6, 6.07) is 14.3. The Labute approximate surface area is 131 Å². The van der Waals surface area contributed by atoms with Gasteiger partial charge >= 0.3 is 0 Å². The molecule has 0 spiro atoms. The van der Waals surface area contributed by atoms with Crippen molar-refractivity contribution in [2.24, 2.45) is 5.84 Å². The van der Waals surface area contributed by atoms with Gasteiger partial charge < -0.3 is 0 Å². The summed E-state index contributed by atoms with van der Waals surface area (Å²) in [6.45, 7) is 0. The fourth-order valence-corrected chi connectivity index (χ4v) is 2.82. The zero-order valence-corrected chi connectivity index (χ0v) is 12.9. The second-order valence-corrected chi connectivity index (χ2v) is 5.77. The van der Waals surface area contributed by atoms with Crippen LogP contribution in [-0.4, -0.2) is 9.97 Å². The van der Waals surface area contributed by atoms with Crippen LogP contribution >= 0.6 is 15.9 Å². The molecule has 3 N–H and O–H groups in total. The molecule has 0 aliphatic rings. The molecule has 0 aliphatic heterocycles. The van der Waals surface area contributed by atoms with Gasteiger partial charge in [0.15, 0.2) is 0 Å². The van der Waals surface area contributed by atoms with Crippen molar-refractivity contribution in [3.63, 3.8) is 0 Å². The van der Waals surface area contributed by atoms with Crippen molar-refractivity contribution >= 4 is 27.0 Å². The van der Waals surface area contributed by atoms with Gasteiger partial charge in [-0.05, 0) is 41.8 Å². The Hall–Kier alpha value is -1.82. The summed E-state index contributed by atoms with van der Waals surface area (Å²) < 4.78 is 1.07. The van der Waals surface area contributed by atoms with Gasteiger partial charge in [0.1, 0.15) is 0 Å². The molecule has 4 nitrogen and oxygen atoms in total. The number of nitrogens with one attached hydrogen (secondary N) is 1. The SMILES string of the molecule is NNC(Cc1cccc(Br)c1)c1ccc2nccnc2c1. The molecule has 3 aromatic rings. The first-order valence-corrected chi connectivity index (χ1v) is 7.47. The number of hydrogen-bond donors (Lipinski definition) is 2. The van der Waals surface area contributed by atoms with E-state index >= 15 is 0 Å². The highest BCUT2D eigenvalue weighted by atomic mass is 79.9.